The van der Waals surface area contributed by atoms with Crippen molar-refractivity contribution >= 4 is 18.0 Å². The van der Waals surface area contributed by atoms with Gasteiger partial charge in [-0.1, -0.05) is 60.7 Å². The first-order valence-corrected chi connectivity index (χ1v) is 9.31. The number of benzene rings is 3. The highest BCUT2D eigenvalue weighted by Gasteiger charge is 2.43. The summed E-state index contributed by atoms with van der Waals surface area (Å²) in [5.74, 6) is 0. The summed E-state index contributed by atoms with van der Waals surface area (Å²) in [4.78, 5) is 12.9. The Morgan fingerprint density at radius 1 is 0.833 bits per heavy atom. The zero-order chi connectivity index (χ0) is 16.6. The van der Waals surface area contributed by atoms with Crippen molar-refractivity contribution in [2.75, 3.05) is 6.26 Å². The van der Waals surface area contributed by atoms with E-state index in [1.54, 1.807) is 11.8 Å². The second kappa shape index (κ2) is 5.95. The van der Waals surface area contributed by atoms with Gasteiger partial charge in [0.05, 0.1) is 5.41 Å². The van der Waals surface area contributed by atoms with E-state index < -0.39 is 0 Å². The number of fused-ring (bicyclic) bond motifs is 3. The minimum atomic E-state index is -0.383. The molecule has 118 valence electrons. The molecular weight excluding hydrogens is 312 g/mol. The minimum Gasteiger partial charge on any atom is -0.303 e. The van der Waals surface area contributed by atoms with E-state index in [2.05, 4.69) is 79.1 Å². The van der Waals surface area contributed by atoms with Crippen LogP contribution in [0.3, 0.4) is 0 Å². The van der Waals surface area contributed by atoms with Crippen LogP contribution in [0, 0.1) is 0 Å². The molecule has 3 aromatic rings. The predicted molar refractivity (Wildman–Crippen MR) is 101 cm³/mol. The van der Waals surface area contributed by atoms with E-state index >= 15 is 0 Å². The maximum atomic E-state index is 11.7. The van der Waals surface area contributed by atoms with Gasteiger partial charge >= 0.3 is 0 Å². The lowest BCUT2D eigenvalue weighted by molar-refractivity contribution is -0.108. The number of rotatable bonds is 4. The number of aldehydes is 1. The highest BCUT2D eigenvalue weighted by molar-refractivity contribution is 7.98. The molecule has 2 heteroatoms. The maximum Gasteiger partial charge on any atom is 0.121 e. The van der Waals surface area contributed by atoms with Gasteiger partial charge in [0.1, 0.15) is 6.29 Å². The molecule has 1 aliphatic rings. The summed E-state index contributed by atoms with van der Waals surface area (Å²) >= 11 is 1.73. The molecule has 24 heavy (non-hydrogen) atoms. The normalized spacial score (nSPS) is 14.0. The Labute approximate surface area is 146 Å². The summed E-state index contributed by atoms with van der Waals surface area (Å²) in [5.41, 5.74) is 5.74. The second-order valence-electron chi connectivity index (χ2n) is 6.10. The molecule has 0 saturated carbocycles. The average molecular weight is 330 g/mol. The van der Waals surface area contributed by atoms with E-state index in [9.17, 15) is 4.79 Å². The molecular formula is C22H18OS. The standard InChI is InChI=1S/C22H18OS/c1-24-17-12-10-16(11-13-17)22(14-15-23)20-8-4-2-6-18(20)19-7-3-5-9-21(19)22/h2-13,15H,14H2,1H3. The van der Waals surface area contributed by atoms with E-state index in [1.807, 2.05) is 0 Å². The van der Waals surface area contributed by atoms with Crippen LogP contribution < -0.4 is 0 Å². The summed E-state index contributed by atoms with van der Waals surface area (Å²) in [6.07, 6.45) is 3.59. The topological polar surface area (TPSA) is 17.1 Å². The number of thioether (sulfide) groups is 1. The third kappa shape index (κ3) is 2.06. The van der Waals surface area contributed by atoms with Gasteiger partial charge in [-0.25, -0.2) is 0 Å². The summed E-state index contributed by atoms with van der Waals surface area (Å²) in [5, 5.41) is 0. The van der Waals surface area contributed by atoms with Crippen molar-refractivity contribution in [1.82, 2.24) is 0 Å². The SMILES string of the molecule is CSc1ccc(C2(CC=O)c3ccccc3-c3ccccc32)cc1. The van der Waals surface area contributed by atoms with Crippen molar-refractivity contribution in [3.8, 4) is 11.1 Å². The predicted octanol–water partition coefficient (Wildman–Crippen LogP) is 5.31. The van der Waals surface area contributed by atoms with E-state index in [0.29, 0.717) is 6.42 Å². The van der Waals surface area contributed by atoms with Gasteiger partial charge in [-0.15, -0.1) is 11.8 Å². The molecule has 0 bridgehead atoms. The molecule has 1 aliphatic carbocycles. The number of hydrogen-bond donors (Lipinski definition) is 0. The summed E-state index contributed by atoms with van der Waals surface area (Å²) in [7, 11) is 0. The fourth-order valence-corrected chi connectivity index (χ4v) is 4.38. The Bertz CT molecular complexity index is 850. The van der Waals surface area contributed by atoms with Gasteiger partial charge in [-0.05, 0) is 46.2 Å². The first-order valence-electron chi connectivity index (χ1n) is 8.09. The van der Waals surface area contributed by atoms with Crippen molar-refractivity contribution in [1.29, 1.82) is 0 Å². The van der Waals surface area contributed by atoms with Crippen molar-refractivity contribution in [3.63, 3.8) is 0 Å². The molecule has 0 unspecified atom stereocenters. The van der Waals surface area contributed by atoms with Crippen LogP contribution in [0.4, 0.5) is 0 Å². The third-order valence-corrected chi connectivity index (χ3v) is 5.78. The molecule has 0 fully saturated rings. The Hall–Kier alpha value is -2.32. The number of hydrogen-bond acceptors (Lipinski definition) is 2. The lowest BCUT2D eigenvalue weighted by Crippen LogP contribution is -2.27. The number of carbonyl (C=O) groups excluding carboxylic acids is 1. The van der Waals surface area contributed by atoms with Gasteiger partial charge in [0, 0.05) is 11.3 Å². The van der Waals surface area contributed by atoms with Gasteiger partial charge < -0.3 is 4.79 Å². The largest absolute Gasteiger partial charge is 0.303 e. The fraction of sp³-hybridized carbons (Fsp3) is 0.136. The molecule has 0 heterocycles. The van der Waals surface area contributed by atoms with E-state index in [1.165, 1.54) is 32.7 Å². The summed E-state index contributed by atoms with van der Waals surface area (Å²) in [6, 6.07) is 25.6. The molecule has 1 nitrogen and oxygen atoms in total. The molecule has 0 atom stereocenters. The molecule has 3 aromatic carbocycles. The molecule has 0 aliphatic heterocycles. The number of carbonyl (C=O) groups is 1. The van der Waals surface area contributed by atoms with Crippen LogP contribution in [-0.2, 0) is 10.2 Å². The van der Waals surface area contributed by atoms with Gasteiger partial charge in [0.15, 0.2) is 0 Å². The van der Waals surface area contributed by atoms with Crippen molar-refractivity contribution in [2.45, 2.75) is 16.7 Å². The molecule has 0 amide bonds. The average Bonchev–Trinajstić information content (AvgIpc) is 2.94. The minimum absolute atomic E-state index is 0.383. The van der Waals surface area contributed by atoms with Crippen LogP contribution in [0.1, 0.15) is 23.1 Å². The first kappa shape index (κ1) is 15.2. The lowest BCUT2D eigenvalue weighted by atomic mass is 9.70. The van der Waals surface area contributed by atoms with Crippen LogP contribution in [0.2, 0.25) is 0 Å². The second-order valence-corrected chi connectivity index (χ2v) is 6.98. The van der Waals surface area contributed by atoms with Crippen LogP contribution in [0.15, 0.2) is 77.7 Å². The third-order valence-electron chi connectivity index (χ3n) is 5.04. The van der Waals surface area contributed by atoms with E-state index in [-0.39, 0.29) is 5.41 Å². The molecule has 4 rings (SSSR count). The molecule has 0 N–H and O–H groups in total. The fourth-order valence-electron chi connectivity index (χ4n) is 3.97. The van der Waals surface area contributed by atoms with Gasteiger partial charge in [-0.3, -0.25) is 0 Å². The van der Waals surface area contributed by atoms with E-state index in [0.717, 1.165) is 6.29 Å². The van der Waals surface area contributed by atoms with Crippen LogP contribution in [-0.4, -0.2) is 12.5 Å². The van der Waals surface area contributed by atoms with Crippen LogP contribution in [0.5, 0.6) is 0 Å². The van der Waals surface area contributed by atoms with Gasteiger partial charge in [0.2, 0.25) is 0 Å². The Balaban J connectivity index is 2.04. The lowest BCUT2D eigenvalue weighted by Gasteiger charge is -2.31. The maximum absolute atomic E-state index is 11.7. The molecule has 0 saturated heterocycles. The van der Waals surface area contributed by atoms with Gasteiger partial charge in [0.25, 0.3) is 0 Å². The molecule has 0 aromatic heterocycles. The molecule has 0 spiro atoms. The first-order chi connectivity index (χ1) is 11.8. The summed E-state index contributed by atoms with van der Waals surface area (Å²) in [6.45, 7) is 0. The van der Waals surface area contributed by atoms with Crippen molar-refractivity contribution in [3.05, 3.63) is 89.5 Å². The highest BCUT2D eigenvalue weighted by Crippen LogP contribution is 2.53. The quantitative estimate of drug-likeness (QED) is 0.476. The van der Waals surface area contributed by atoms with Crippen LogP contribution in [0.25, 0.3) is 11.1 Å². The monoisotopic (exact) mass is 330 g/mol. The van der Waals surface area contributed by atoms with Crippen molar-refractivity contribution < 1.29 is 4.79 Å². The summed E-state index contributed by atoms with van der Waals surface area (Å²) < 4.78 is 0. The zero-order valence-electron chi connectivity index (χ0n) is 13.5. The Kier molecular flexibility index (Phi) is 3.78. The van der Waals surface area contributed by atoms with Crippen molar-refractivity contribution in [2.24, 2.45) is 0 Å². The zero-order valence-corrected chi connectivity index (χ0v) is 14.3. The molecule has 0 radical (unpaired) electrons. The van der Waals surface area contributed by atoms with E-state index in [4.69, 9.17) is 0 Å². The Morgan fingerprint density at radius 2 is 1.38 bits per heavy atom. The Morgan fingerprint density at radius 3 is 1.88 bits per heavy atom. The van der Waals surface area contributed by atoms with Gasteiger partial charge in [-0.2, -0.15) is 0 Å². The highest BCUT2D eigenvalue weighted by atomic mass is 32.2. The van der Waals surface area contributed by atoms with Crippen LogP contribution >= 0.6 is 11.8 Å². The smallest absolute Gasteiger partial charge is 0.121 e.